The van der Waals surface area contributed by atoms with Crippen LogP contribution in [0.5, 0.6) is 5.75 Å². The smallest absolute Gasteiger partial charge is 0.337 e. The average molecular weight is 391 g/mol. The summed E-state index contributed by atoms with van der Waals surface area (Å²) in [4.78, 5) is 16.7. The number of methoxy groups -OCH3 is 1. The molecule has 0 spiro atoms. The molecule has 0 atom stereocenters. The molecule has 2 heterocycles. The van der Waals surface area contributed by atoms with E-state index >= 15 is 0 Å². The van der Waals surface area contributed by atoms with Gasteiger partial charge in [0.05, 0.1) is 24.7 Å². The van der Waals surface area contributed by atoms with E-state index in [9.17, 15) is 9.90 Å². The third-order valence-corrected chi connectivity index (χ3v) is 5.83. The first-order valence-electron chi connectivity index (χ1n) is 9.76. The predicted molar refractivity (Wildman–Crippen MR) is 107 cm³/mol. The van der Waals surface area contributed by atoms with Crippen molar-refractivity contribution in [1.29, 1.82) is 0 Å². The van der Waals surface area contributed by atoms with Gasteiger partial charge in [-0.05, 0) is 31.0 Å². The van der Waals surface area contributed by atoms with Crippen molar-refractivity contribution >= 4 is 28.0 Å². The second kappa shape index (κ2) is 6.88. The Morgan fingerprint density at radius 2 is 2.07 bits per heavy atom. The van der Waals surface area contributed by atoms with E-state index in [4.69, 9.17) is 9.72 Å². The van der Waals surface area contributed by atoms with Crippen molar-refractivity contribution in [3.63, 3.8) is 0 Å². The molecular formula is C21H21N5O3. The molecule has 0 aliphatic heterocycles. The molecule has 1 saturated carbocycles. The van der Waals surface area contributed by atoms with Gasteiger partial charge in [-0.3, -0.25) is 5.10 Å². The van der Waals surface area contributed by atoms with Gasteiger partial charge in [0.2, 0.25) is 0 Å². The summed E-state index contributed by atoms with van der Waals surface area (Å²) in [6.07, 6.45) is 4.44. The topological polar surface area (TPSA) is 106 Å². The van der Waals surface area contributed by atoms with E-state index in [0.717, 1.165) is 53.6 Å². The fraction of sp³-hybridized carbons (Fsp3) is 0.333. The Morgan fingerprint density at radius 3 is 2.83 bits per heavy atom. The highest BCUT2D eigenvalue weighted by molar-refractivity contribution is 6.03. The summed E-state index contributed by atoms with van der Waals surface area (Å²) in [7, 11) is 1.60. The summed E-state index contributed by atoms with van der Waals surface area (Å²) in [6.45, 7) is 0.519. The lowest BCUT2D eigenvalue weighted by molar-refractivity contribution is 0.0699. The van der Waals surface area contributed by atoms with E-state index in [0.29, 0.717) is 23.7 Å². The maximum absolute atomic E-state index is 11.8. The number of rotatable bonds is 5. The number of hydrogen-bond donors (Lipinski definition) is 2. The molecule has 8 heteroatoms. The number of nitrogens with zero attached hydrogens (tertiary/aromatic N) is 4. The van der Waals surface area contributed by atoms with Crippen molar-refractivity contribution in [3.05, 3.63) is 47.3 Å². The summed E-state index contributed by atoms with van der Waals surface area (Å²) in [6, 6.07) is 9.19. The van der Waals surface area contributed by atoms with Crippen molar-refractivity contribution < 1.29 is 14.6 Å². The standard InChI is InChI=1S/C21H21N5O3/c1-29-16-10-9-14(21(27)28)18-19(16)26(20(22-18)12-5-2-3-6-12)11-13-7-4-8-15-17(13)24-25-23-15/h4,7-10,12H,2-3,5-6,11H2,1H3,(H,27,28)(H,23,24,25). The predicted octanol–water partition coefficient (Wildman–Crippen LogP) is 3.72. The van der Waals surface area contributed by atoms with Crippen molar-refractivity contribution in [2.45, 2.75) is 38.1 Å². The molecule has 0 unspecified atom stereocenters. The normalized spacial score (nSPS) is 14.8. The van der Waals surface area contributed by atoms with Crippen LogP contribution in [0, 0.1) is 0 Å². The fourth-order valence-corrected chi connectivity index (χ4v) is 4.44. The van der Waals surface area contributed by atoms with E-state index in [1.54, 1.807) is 19.2 Å². The zero-order valence-electron chi connectivity index (χ0n) is 16.1. The summed E-state index contributed by atoms with van der Waals surface area (Å²) < 4.78 is 7.71. The molecule has 0 saturated heterocycles. The van der Waals surface area contributed by atoms with Crippen LogP contribution in [0.4, 0.5) is 0 Å². The van der Waals surface area contributed by atoms with Crippen LogP contribution in [0.2, 0.25) is 0 Å². The Hall–Kier alpha value is -3.42. The van der Waals surface area contributed by atoms with E-state index in [2.05, 4.69) is 20.0 Å². The molecular weight excluding hydrogens is 370 g/mol. The molecule has 0 amide bonds. The number of carbonyl (C=O) groups is 1. The Labute approximate surface area is 166 Å². The molecule has 2 N–H and O–H groups in total. The van der Waals surface area contributed by atoms with Gasteiger partial charge in [0, 0.05) is 11.5 Å². The van der Waals surface area contributed by atoms with E-state index < -0.39 is 5.97 Å². The lowest BCUT2D eigenvalue weighted by Crippen LogP contribution is -2.09. The van der Waals surface area contributed by atoms with Crippen molar-refractivity contribution in [2.24, 2.45) is 0 Å². The van der Waals surface area contributed by atoms with Gasteiger partial charge in [-0.1, -0.05) is 30.2 Å². The zero-order chi connectivity index (χ0) is 20.0. The fourth-order valence-electron chi connectivity index (χ4n) is 4.44. The summed E-state index contributed by atoms with van der Waals surface area (Å²) >= 11 is 0. The minimum atomic E-state index is -0.987. The van der Waals surface area contributed by atoms with E-state index in [-0.39, 0.29) is 5.56 Å². The first-order valence-corrected chi connectivity index (χ1v) is 9.76. The number of fused-ring (bicyclic) bond motifs is 2. The van der Waals surface area contributed by atoms with Crippen LogP contribution in [-0.2, 0) is 6.54 Å². The number of aromatic nitrogens is 5. The number of ether oxygens (including phenoxy) is 1. The number of nitrogens with one attached hydrogen (secondary N) is 1. The first kappa shape index (κ1) is 17.7. The second-order valence-corrected chi connectivity index (χ2v) is 7.48. The van der Waals surface area contributed by atoms with Crippen LogP contribution in [-0.4, -0.2) is 43.1 Å². The maximum Gasteiger partial charge on any atom is 0.337 e. The van der Waals surface area contributed by atoms with Gasteiger partial charge in [0.15, 0.2) is 0 Å². The molecule has 2 aromatic carbocycles. The highest BCUT2D eigenvalue weighted by Crippen LogP contribution is 2.38. The third-order valence-electron chi connectivity index (χ3n) is 5.83. The molecule has 0 bridgehead atoms. The Kier molecular flexibility index (Phi) is 4.19. The highest BCUT2D eigenvalue weighted by atomic mass is 16.5. The number of carboxylic acid groups (broad SMARTS) is 1. The molecule has 148 valence electrons. The lowest BCUT2D eigenvalue weighted by atomic mass is 10.1. The van der Waals surface area contributed by atoms with Crippen LogP contribution >= 0.6 is 0 Å². The Balaban J connectivity index is 1.77. The largest absolute Gasteiger partial charge is 0.494 e. The highest BCUT2D eigenvalue weighted by Gasteiger charge is 2.27. The number of aromatic carboxylic acids is 1. The van der Waals surface area contributed by atoms with Crippen molar-refractivity contribution in [1.82, 2.24) is 25.0 Å². The molecule has 1 fully saturated rings. The Morgan fingerprint density at radius 1 is 1.24 bits per heavy atom. The summed E-state index contributed by atoms with van der Waals surface area (Å²) in [5.41, 5.74) is 4.06. The number of benzene rings is 2. The summed E-state index contributed by atoms with van der Waals surface area (Å²) in [5, 5.41) is 20.8. The number of hydrogen-bond acceptors (Lipinski definition) is 5. The number of carboxylic acids is 1. The molecule has 5 rings (SSSR count). The lowest BCUT2D eigenvalue weighted by Gasteiger charge is -2.15. The number of imidazole rings is 1. The number of aromatic amines is 1. The first-order chi connectivity index (χ1) is 14.2. The van der Waals surface area contributed by atoms with Gasteiger partial charge < -0.3 is 14.4 Å². The van der Waals surface area contributed by atoms with Gasteiger partial charge in [0.1, 0.15) is 28.1 Å². The zero-order valence-corrected chi connectivity index (χ0v) is 16.1. The van der Waals surface area contributed by atoms with Crippen LogP contribution in [0.25, 0.3) is 22.1 Å². The van der Waals surface area contributed by atoms with Gasteiger partial charge >= 0.3 is 5.97 Å². The molecule has 0 radical (unpaired) electrons. The van der Waals surface area contributed by atoms with Gasteiger partial charge in [0.25, 0.3) is 0 Å². The third kappa shape index (κ3) is 2.83. The molecule has 29 heavy (non-hydrogen) atoms. The minimum Gasteiger partial charge on any atom is -0.494 e. The molecule has 4 aromatic rings. The van der Waals surface area contributed by atoms with Crippen LogP contribution in [0.15, 0.2) is 30.3 Å². The van der Waals surface area contributed by atoms with Crippen LogP contribution < -0.4 is 4.74 Å². The molecule has 1 aliphatic carbocycles. The van der Waals surface area contributed by atoms with Crippen LogP contribution in [0.3, 0.4) is 0 Å². The minimum absolute atomic E-state index is 0.193. The van der Waals surface area contributed by atoms with Crippen molar-refractivity contribution in [3.8, 4) is 5.75 Å². The average Bonchev–Trinajstić information content (AvgIpc) is 3.47. The van der Waals surface area contributed by atoms with E-state index in [1.807, 2.05) is 18.2 Å². The maximum atomic E-state index is 11.8. The van der Waals surface area contributed by atoms with E-state index in [1.165, 1.54) is 0 Å². The van der Waals surface area contributed by atoms with Gasteiger partial charge in [-0.2, -0.15) is 0 Å². The monoisotopic (exact) mass is 391 g/mol. The SMILES string of the molecule is COc1ccc(C(=O)O)c2nc(C3CCCC3)n(Cc3cccc4[nH]nnc34)c12. The van der Waals surface area contributed by atoms with Crippen LogP contribution in [0.1, 0.15) is 53.3 Å². The van der Waals surface area contributed by atoms with Crippen molar-refractivity contribution in [2.75, 3.05) is 7.11 Å². The quantitative estimate of drug-likeness (QED) is 0.537. The second-order valence-electron chi connectivity index (χ2n) is 7.48. The van der Waals surface area contributed by atoms with Gasteiger partial charge in [-0.15, -0.1) is 5.10 Å². The summed E-state index contributed by atoms with van der Waals surface area (Å²) in [5.74, 6) is 0.864. The molecule has 8 nitrogen and oxygen atoms in total. The van der Waals surface area contributed by atoms with Gasteiger partial charge in [-0.25, -0.2) is 9.78 Å². The Bertz CT molecular complexity index is 1220. The molecule has 1 aliphatic rings. The molecule has 2 aromatic heterocycles. The number of H-pyrrole nitrogens is 1.